The van der Waals surface area contributed by atoms with Gasteiger partial charge in [-0.3, -0.25) is 0 Å². The van der Waals surface area contributed by atoms with Gasteiger partial charge in [0.15, 0.2) is 0 Å². The molecule has 2 aliphatic carbocycles. The van der Waals surface area contributed by atoms with Crippen LogP contribution in [0.5, 0.6) is 0 Å². The second-order valence-electron chi connectivity index (χ2n) is 8.13. The summed E-state index contributed by atoms with van der Waals surface area (Å²) in [7, 11) is 0. The Bertz CT molecular complexity index is 270. The molecule has 2 fully saturated rings. The topological polar surface area (TPSA) is 12.0 Å². The van der Waals surface area contributed by atoms with E-state index in [1.807, 2.05) is 0 Å². The first-order valence-corrected chi connectivity index (χ1v) is 9.94. The molecule has 1 nitrogen and oxygen atoms in total. The summed E-state index contributed by atoms with van der Waals surface area (Å²) in [5.41, 5.74) is 0.641. The highest BCUT2D eigenvalue weighted by molar-refractivity contribution is 4.92. The normalized spacial score (nSPS) is 30.0. The van der Waals surface area contributed by atoms with Gasteiger partial charge in [0.25, 0.3) is 0 Å². The lowest BCUT2D eigenvalue weighted by Gasteiger charge is -2.43. The third-order valence-corrected chi connectivity index (χ3v) is 6.35. The largest absolute Gasteiger partial charge is 0.313 e. The van der Waals surface area contributed by atoms with E-state index in [1.165, 1.54) is 83.6 Å². The summed E-state index contributed by atoms with van der Waals surface area (Å²) in [6, 6.07) is 0.876. The maximum atomic E-state index is 3.88. The van der Waals surface area contributed by atoms with E-state index in [0.717, 1.165) is 17.9 Å². The predicted molar refractivity (Wildman–Crippen MR) is 93.6 cm³/mol. The van der Waals surface area contributed by atoms with Gasteiger partial charge in [-0.2, -0.15) is 0 Å². The first-order valence-electron chi connectivity index (χ1n) is 9.94. The molecule has 1 N–H and O–H groups in total. The fourth-order valence-electron chi connectivity index (χ4n) is 4.36. The molecule has 0 aromatic carbocycles. The molecule has 0 heterocycles. The van der Waals surface area contributed by atoms with E-state index in [-0.39, 0.29) is 0 Å². The molecule has 2 saturated carbocycles. The molecule has 21 heavy (non-hydrogen) atoms. The quantitative estimate of drug-likeness (QED) is 0.526. The van der Waals surface area contributed by atoms with Gasteiger partial charge in [-0.25, -0.2) is 0 Å². The molecule has 0 amide bonds. The van der Waals surface area contributed by atoms with Gasteiger partial charge in [-0.05, 0) is 62.2 Å². The highest BCUT2D eigenvalue weighted by Crippen LogP contribution is 2.45. The fourth-order valence-corrected chi connectivity index (χ4v) is 4.36. The third-order valence-electron chi connectivity index (χ3n) is 6.35. The van der Waals surface area contributed by atoms with Gasteiger partial charge in [-0.15, -0.1) is 0 Å². The predicted octanol–water partition coefficient (Wildman–Crippen LogP) is 5.93. The molecule has 2 rings (SSSR count). The van der Waals surface area contributed by atoms with Crippen molar-refractivity contribution in [3.63, 3.8) is 0 Å². The zero-order valence-electron chi connectivity index (χ0n) is 14.9. The van der Waals surface area contributed by atoms with E-state index < -0.39 is 0 Å². The van der Waals surface area contributed by atoms with E-state index in [9.17, 15) is 0 Å². The molecule has 0 aliphatic heterocycles. The van der Waals surface area contributed by atoms with Gasteiger partial charge in [0.2, 0.25) is 0 Å². The van der Waals surface area contributed by atoms with Crippen molar-refractivity contribution in [2.75, 3.05) is 6.54 Å². The molecule has 0 saturated heterocycles. The third kappa shape index (κ3) is 5.58. The molecule has 0 bridgehead atoms. The van der Waals surface area contributed by atoms with Gasteiger partial charge in [0, 0.05) is 12.6 Å². The van der Waals surface area contributed by atoms with Crippen molar-refractivity contribution < 1.29 is 0 Å². The van der Waals surface area contributed by atoms with Crippen LogP contribution in [0.15, 0.2) is 0 Å². The van der Waals surface area contributed by atoms with Crippen molar-refractivity contribution in [1.29, 1.82) is 0 Å². The lowest BCUT2D eigenvalue weighted by atomic mass is 9.65. The minimum Gasteiger partial charge on any atom is -0.313 e. The molecule has 0 aromatic heterocycles. The summed E-state index contributed by atoms with van der Waals surface area (Å²) in [6.45, 7) is 8.43. The maximum Gasteiger partial charge on any atom is 0.00684 e. The Morgan fingerprint density at radius 1 is 1.00 bits per heavy atom. The van der Waals surface area contributed by atoms with Crippen LogP contribution < -0.4 is 5.32 Å². The Balaban J connectivity index is 1.86. The number of nitrogens with one attached hydrogen (secondary N) is 1. The number of unbranched alkanes of at least 4 members (excludes halogenated alkanes) is 1. The molecule has 1 heteroatoms. The SMILES string of the molecule is CCCCC1CCC(CNC2CC2)(CC(CC)CC)CC1. The van der Waals surface area contributed by atoms with Crippen LogP contribution in [0.3, 0.4) is 0 Å². The Morgan fingerprint density at radius 2 is 1.67 bits per heavy atom. The highest BCUT2D eigenvalue weighted by atomic mass is 15.0. The molecule has 0 atom stereocenters. The first-order chi connectivity index (χ1) is 10.2. The molecule has 124 valence electrons. The average Bonchev–Trinajstić information content (AvgIpc) is 3.34. The standard InChI is InChI=1S/C20H39N/c1-4-7-8-18-11-13-20(14-12-18,15-17(5-2)6-3)16-21-19-9-10-19/h17-19,21H,4-16H2,1-3H3. The van der Waals surface area contributed by atoms with Crippen LogP contribution in [0.4, 0.5) is 0 Å². The summed E-state index contributed by atoms with van der Waals surface area (Å²) < 4.78 is 0. The van der Waals surface area contributed by atoms with E-state index >= 15 is 0 Å². The Labute approximate surface area is 133 Å². The second kappa shape index (κ2) is 8.56. The smallest absolute Gasteiger partial charge is 0.00684 e. The summed E-state index contributed by atoms with van der Waals surface area (Å²) in [5.74, 6) is 2.00. The van der Waals surface area contributed by atoms with Gasteiger partial charge in [0.05, 0.1) is 0 Å². The molecule has 0 spiro atoms. The van der Waals surface area contributed by atoms with Crippen LogP contribution in [0.25, 0.3) is 0 Å². The Kier molecular flexibility index (Phi) is 7.05. The van der Waals surface area contributed by atoms with Crippen molar-refractivity contribution in [2.45, 2.75) is 104 Å². The van der Waals surface area contributed by atoms with Gasteiger partial charge < -0.3 is 5.32 Å². The van der Waals surface area contributed by atoms with Crippen molar-refractivity contribution in [2.24, 2.45) is 17.3 Å². The van der Waals surface area contributed by atoms with Crippen LogP contribution in [0.2, 0.25) is 0 Å². The Morgan fingerprint density at radius 3 is 2.19 bits per heavy atom. The lowest BCUT2D eigenvalue weighted by Crippen LogP contribution is -2.40. The van der Waals surface area contributed by atoms with Gasteiger partial charge >= 0.3 is 0 Å². The fraction of sp³-hybridized carbons (Fsp3) is 1.00. The monoisotopic (exact) mass is 293 g/mol. The number of hydrogen-bond donors (Lipinski definition) is 1. The molecule has 0 aromatic rings. The first kappa shape index (κ1) is 17.3. The molecule has 0 radical (unpaired) electrons. The zero-order chi connectivity index (χ0) is 15.1. The van der Waals surface area contributed by atoms with Crippen molar-refractivity contribution in [3.05, 3.63) is 0 Å². The zero-order valence-corrected chi connectivity index (χ0v) is 14.9. The Hall–Kier alpha value is -0.0400. The summed E-state index contributed by atoms with van der Waals surface area (Å²) in [6.07, 6.45) is 17.4. The summed E-state index contributed by atoms with van der Waals surface area (Å²) in [4.78, 5) is 0. The van der Waals surface area contributed by atoms with Crippen LogP contribution in [0.1, 0.15) is 97.8 Å². The minimum absolute atomic E-state index is 0.641. The highest BCUT2D eigenvalue weighted by Gasteiger charge is 2.37. The number of rotatable bonds is 10. The maximum absolute atomic E-state index is 3.88. The second-order valence-corrected chi connectivity index (χ2v) is 8.13. The van der Waals surface area contributed by atoms with Crippen LogP contribution in [-0.4, -0.2) is 12.6 Å². The van der Waals surface area contributed by atoms with Gasteiger partial charge in [0.1, 0.15) is 0 Å². The number of hydrogen-bond acceptors (Lipinski definition) is 1. The van der Waals surface area contributed by atoms with E-state index in [4.69, 9.17) is 0 Å². The van der Waals surface area contributed by atoms with Gasteiger partial charge in [-0.1, -0.05) is 52.9 Å². The lowest BCUT2D eigenvalue weighted by molar-refractivity contribution is 0.103. The van der Waals surface area contributed by atoms with Crippen molar-refractivity contribution in [3.8, 4) is 0 Å². The summed E-state index contributed by atoms with van der Waals surface area (Å²) in [5, 5.41) is 3.88. The van der Waals surface area contributed by atoms with Crippen LogP contribution in [0, 0.1) is 17.3 Å². The van der Waals surface area contributed by atoms with E-state index in [1.54, 1.807) is 0 Å². The summed E-state index contributed by atoms with van der Waals surface area (Å²) >= 11 is 0. The molecular weight excluding hydrogens is 254 g/mol. The van der Waals surface area contributed by atoms with E-state index in [2.05, 4.69) is 26.1 Å². The molecular formula is C20H39N. The van der Waals surface area contributed by atoms with Crippen LogP contribution in [-0.2, 0) is 0 Å². The molecule has 2 aliphatic rings. The minimum atomic E-state index is 0.641. The van der Waals surface area contributed by atoms with Crippen molar-refractivity contribution >= 4 is 0 Å². The average molecular weight is 294 g/mol. The van der Waals surface area contributed by atoms with E-state index in [0.29, 0.717) is 5.41 Å². The van der Waals surface area contributed by atoms with Crippen LogP contribution >= 0.6 is 0 Å². The van der Waals surface area contributed by atoms with Crippen molar-refractivity contribution in [1.82, 2.24) is 5.32 Å². The molecule has 0 unspecified atom stereocenters.